The summed E-state index contributed by atoms with van der Waals surface area (Å²) >= 11 is 9.33. The van der Waals surface area contributed by atoms with Crippen molar-refractivity contribution in [2.24, 2.45) is 0 Å². The molecule has 1 N–H and O–H groups in total. The van der Waals surface area contributed by atoms with E-state index in [0.29, 0.717) is 43.3 Å². The molecule has 0 saturated carbocycles. The van der Waals surface area contributed by atoms with Crippen molar-refractivity contribution in [1.82, 2.24) is 10.2 Å². The van der Waals surface area contributed by atoms with Gasteiger partial charge in [0.15, 0.2) is 0 Å². The Morgan fingerprint density at radius 2 is 1.93 bits per heavy atom. The fourth-order valence-corrected chi connectivity index (χ4v) is 3.47. The van der Waals surface area contributed by atoms with Gasteiger partial charge in [-0.1, -0.05) is 46.6 Å². The molecule has 2 aromatic rings. The molecule has 0 spiro atoms. The molecule has 0 heterocycles. The van der Waals surface area contributed by atoms with Gasteiger partial charge >= 0.3 is 0 Å². The third-order valence-corrected chi connectivity index (χ3v) is 5.32. The number of benzene rings is 2. The summed E-state index contributed by atoms with van der Waals surface area (Å²) in [6.45, 7) is 5.14. The monoisotopic (exact) mass is 494 g/mol. The maximum Gasteiger partial charge on any atom is 0.242 e. The SMILES string of the molecule is CCCNC(=O)C(C)N(Cc1cccc(Br)c1)C(=O)CCCOc1ccc(Cl)cc1. The zero-order valence-electron chi connectivity index (χ0n) is 17.4. The fraction of sp³-hybridized carbons (Fsp3) is 0.391. The van der Waals surface area contributed by atoms with Gasteiger partial charge in [0.25, 0.3) is 0 Å². The van der Waals surface area contributed by atoms with Gasteiger partial charge in [-0.15, -0.1) is 0 Å². The number of carbonyl (C=O) groups excluding carboxylic acids is 2. The first-order chi connectivity index (χ1) is 14.4. The third kappa shape index (κ3) is 8.00. The van der Waals surface area contributed by atoms with E-state index in [1.165, 1.54) is 0 Å². The number of nitrogens with one attached hydrogen (secondary N) is 1. The predicted molar refractivity (Wildman–Crippen MR) is 124 cm³/mol. The third-order valence-electron chi connectivity index (χ3n) is 4.58. The molecule has 0 saturated heterocycles. The quantitative estimate of drug-likeness (QED) is 0.436. The van der Waals surface area contributed by atoms with Crippen LogP contribution in [-0.2, 0) is 16.1 Å². The topological polar surface area (TPSA) is 58.6 Å². The lowest BCUT2D eigenvalue weighted by Gasteiger charge is -2.29. The molecule has 2 aromatic carbocycles. The van der Waals surface area contributed by atoms with Crippen molar-refractivity contribution in [1.29, 1.82) is 0 Å². The highest BCUT2D eigenvalue weighted by Gasteiger charge is 2.25. The Balaban J connectivity index is 1.97. The normalized spacial score (nSPS) is 11.6. The molecular weight excluding hydrogens is 468 g/mol. The maximum atomic E-state index is 13.0. The van der Waals surface area contributed by atoms with Gasteiger partial charge in [-0.2, -0.15) is 0 Å². The van der Waals surface area contributed by atoms with Gasteiger partial charge in [0.1, 0.15) is 11.8 Å². The Bertz CT molecular complexity index is 829. The van der Waals surface area contributed by atoms with E-state index in [2.05, 4.69) is 21.2 Å². The van der Waals surface area contributed by atoms with E-state index >= 15 is 0 Å². The van der Waals surface area contributed by atoms with E-state index in [1.807, 2.05) is 31.2 Å². The van der Waals surface area contributed by atoms with Gasteiger partial charge in [0, 0.05) is 29.0 Å². The van der Waals surface area contributed by atoms with Crippen molar-refractivity contribution in [3.63, 3.8) is 0 Å². The molecule has 162 valence electrons. The second-order valence-electron chi connectivity index (χ2n) is 7.02. The second kappa shape index (κ2) is 12.6. The van der Waals surface area contributed by atoms with E-state index in [9.17, 15) is 9.59 Å². The molecule has 1 unspecified atom stereocenters. The Morgan fingerprint density at radius 3 is 2.60 bits per heavy atom. The smallest absolute Gasteiger partial charge is 0.242 e. The van der Waals surface area contributed by atoms with Crippen LogP contribution in [0.25, 0.3) is 0 Å². The molecule has 2 rings (SSSR count). The zero-order chi connectivity index (χ0) is 21.9. The van der Waals surface area contributed by atoms with Crippen LogP contribution in [0.3, 0.4) is 0 Å². The highest BCUT2D eigenvalue weighted by molar-refractivity contribution is 9.10. The maximum absolute atomic E-state index is 13.0. The highest BCUT2D eigenvalue weighted by atomic mass is 79.9. The van der Waals surface area contributed by atoms with Crippen LogP contribution in [0.5, 0.6) is 5.75 Å². The van der Waals surface area contributed by atoms with Crippen molar-refractivity contribution >= 4 is 39.3 Å². The summed E-state index contributed by atoms with van der Waals surface area (Å²) in [5, 5.41) is 3.53. The van der Waals surface area contributed by atoms with Crippen LogP contribution >= 0.6 is 27.5 Å². The van der Waals surface area contributed by atoms with Crippen LogP contribution in [0.2, 0.25) is 5.02 Å². The molecule has 0 fully saturated rings. The summed E-state index contributed by atoms with van der Waals surface area (Å²) in [6, 6.07) is 14.3. The van der Waals surface area contributed by atoms with Gasteiger partial charge < -0.3 is 15.0 Å². The minimum Gasteiger partial charge on any atom is -0.494 e. The molecule has 7 heteroatoms. The van der Waals surface area contributed by atoms with Gasteiger partial charge in [0.2, 0.25) is 11.8 Å². The molecule has 0 aliphatic rings. The minimum atomic E-state index is -0.555. The van der Waals surface area contributed by atoms with Crippen LogP contribution < -0.4 is 10.1 Å². The molecule has 30 heavy (non-hydrogen) atoms. The molecule has 0 aliphatic heterocycles. The van der Waals surface area contributed by atoms with Crippen molar-refractivity contribution < 1.29 is 14.3 Å². The molecule has 0 aromatic heterocycles. The summed E-state index contributed by atoms with van der Waals surface area (Å²) in [5.74, 6) is 0.497. The molecule has 5 nitrogen and oxygen atoms in total. The molecule has 1 atom stereocenters. The molecule has 0 aliphatic carbocycles. The lowest BCUT2D eigenvalue weighted by Crippen LogP contribution is -2.47. The molecule has 0 radical (unpaired) electrons. The fourth-order valence-electron chi connectivity index (χ4n) is 2.90. The average Bonchev–Trinajstić information content (AvgIpc) is 2.74. The number of nitrogens with zero attached hydrogens (tertiary/aromatic N) is 1. The standard InChI is InChI=1S/C23H28BrClN2O3/c1-3-13-26-23(29)17(2)27(16-18-6-4-7-19(24)15-18)22(28)8-5-14-30-21-11-9-20(25)10-12-21/h4,6-7,9-12,15,17H,3,5,8,13-14,16H2,1-2H3,(H,26,29). The number of hydrogen-bond acceptors (Lipinski definition) is 3. The number of carbonyl (C=O) groups is 2. The van der Waals surface area contributed by atoms with Crippen LogP contribution in [-0.4, -0.2) is 35.9 Å². The first-order valence-corrected chi connectivity index (χ1v) is 11.3. The minimum absolute atomic E-state index is 0.0752. The van der Waals surface area contributed by atoms with E-state index in [0.717, 1.165) is 16.5 Å². The Kier molecular flexibility index (Phi) is 10.2. The van der Waals surface area contributed by atoms with E-state index < -0.39 is 6.04 Å². The first-order valence-electron chi connectivity index (χ1n) is 10.1. The second-order valence-corrected chi connectivity index (χ2v) is 8.38. The first kappa shape index (κ1) is 24.2. The van der Waals surface area contributed by atoms with Crippen LogP contribution in [0.1, 0.15) is 38.7 Å². The summed E-state index contributed by atoms with van der Waals surface area (Å²) in [5.41, 5.74) is 0.963. The molecule has 0 bridgehead atoms. The molecule has 2 amide bonds. The lowest BCUT2D eigenvalue weighted by molar-refractivity contribution is -0.140. The Hall–Kier alpha value is -2.05. The summed E-state index contributed by atoms with van der Waals surface area (Å²) < 4.78 is 6.61. The van der Waals surface area contributed by atoms with E-state index in [1.54, 1.807) is 36.1 Å². The predicted octanol–water partition coefficient (Wildman–Crippen LogP) is 5.21. The van der Waals surface area contributed by atoms with E-state index in [-0.39, 0.29) is 11.8 Å². The zero-order valence-corrected chi connectivity index (χ0v) is 19.7. The van der Waals surface area contributed by atoms with Gasteiger partial charge in [-0.3, -0.25) is 9.59 Å². The van der Waals surface area contributed by atoms with Gasteiger partial charge in [0.05, 0.1) is 6.61 Å². The number of ether oxygens (including phenoxy) is 1. The lowest BCUT2D eigenvalue weighted by atomic mass is 10.1. The summed E-state index contributed by atoms with van der Waals surface area (Å²) in [6.07, 6.45) is 1.70. The van der Waals surface area contributed by atoms with Crippen molar-refractivity contribution in [2.75, 3.05) is 13.2 Å². The Labute approximate surface area is 191 Å². The van der Waals surface area contributed by atoms with Gasteiger partial charge in [-0.05, 0) is 61.7 Å². The average molecular weight is 496 g/mol. The number of hydrogen-bond donors (Lipinski definition) is 1. The summed E-state index contributed by atoms with van der Waals surface area (Å²) in [4.78, 5) is 27.1. The van der Waals surface area contributed by atoms with Crippen LogP contribution in [0, 0.1) is 0 Å². The number of amides is 2. The van der Waals surface area contributed by atoms with Crippen molar-refractivity contribution in [3.05, 3.63) is 63.6 Å². The number of halogens is 2. The van der Waals surface area contributed by atoms with Crippen LogP contribution in [0.4, 0.5) is 0 Å². The van der Waals surface area contributed by atoms with Crippen LogP contribution in [0.15, 0.2) is 53.0 Å². The van der Waals surface area contributed by atoms with Gasteiger partial charge in [-0.25, -0.2) is 0 Å². The summed E-state index contributed by atoms with van der Waals surface area (Å²) in [7, 11) is 0. The van der Waals surface area contributed by atoms with Crippen molar-refractivity contribution in [2.45, 2.75) is 45.7 Å². The van der Waals surface area contributed by atoms with Crippen molar-refractivity contribution in [3.8, 4) is 5.75 Å². The Morgan fingerprint density at radius 1 is 1.20 bits per heavy atom. The molecular formula is C23H28BrClN2O3. The van der Waals surface area contributed by atoms with E-state index in [4.69, 9.17) is 16.3 Å². The number of rotatable bonds is 11. The highest BCUT2D eigenvalue weighted by Crippen LogP contribution is 2.18. The largest absolute Gasteiger partial charge is 0.494 e.